The zero-order chi connectivity index (χ0) is 16.0. The van der Waals surface area contributed by atoms with E-state index < -0.39 is 5.60 Å². The molecule has 1 aromatic rings. The molecule has 4 heteroatoms. The zero-order valence-electron chi connectivity index (χ0n) is 13.8. The van der Waals surface area contributed by atoms with Gasteiger partial charge in [-0.3, -0.25) is 4.99 Å². The van der Waals surface area contributed by atoms with Crippen molar-refractivity contribution in [1.82, 2.24) is 4.90 Å². The van der Waals surface area contributed by atoms with Crippen molar-refractivity contribution < 1.29 is 9.53 Å². The van der Waals surface area contributed by atoms with Gasteiger partial charge in [0.1, 0.15) is 5.60 Å². The second-order valence-electron chi connectivity index (χ2n) is 6.84. The van der Waals surface area contributed by atoms with Crippen LogP contribution in [0.5, 0.6) is 0 Å². The highest BCUT2D eigenvalue weighted by molar-refractivity contribution is 5.79. The van der Waals surface area contributed by atoms with Crippen LogP contribution < -0.4 is 0 Å². The molecule has 0 spiro atoms. The first-order valence-electron chi connectivity index (χ1n) is 7.97. The molecule has 1 aliphatic heterocycles. The summed E-state index contributed by atoms with van der Waals surface area (Å²) < 4.78 is 5.45. The first kappa shape index (κ1) is 16.5. The average Bonchev–Trinajstić information content (AvgIpc) is 2.47. The summed E-state index contributed by atoms with van der Waals surface area (Å²) in [5.74, 6) is 0.418. The molecule has 1 fully saturated rings. The number of aliphatic imine (C=N–C) groups is 1. The van der Waals surface area contributed by atoms with E-state index in [0.29, 0.717) is 5.92 Å². The highest BCUT2D eigenvalue weighted by atomic mass is 16.6. The third-order valence-corrected chi connectivity index (χ3v) is 3.57. The maximum absolute atomic E-state index is 12.1. The minimum atomic E-state index is -0.435. The van der Waals surface area contributed by atoms with Crippen LogP contribution in [0.3, 0.4) is 0 Å². The minimum Gasteiger partial charge on any atom is -0.444 e. The van der Waals surface area contributed by atoms with Gasteiger partial charge in [-0.1, -0.05) is 30.3 Å². The van der Waals surface area contributed by atoms with E-state index in [1.807, 2.05) is 62.2 Å². The molecule has 4 nitrogen and oxygen atoms in total. The van der Waals surface area contributed by atoms with Gasteiger partial charge in [-0.25, -0.2) is 4.79 Å². The molecule has 1 aliphatic rings. The normalized spacial score (nSPS) is 19.4. The Hall–Kier alpha value is -1.84. The quantitative estimate of drug-likeness (QED) is 0.798. The number of carbonyl (C=O) groups is 1. The van der Waals surface area contributed by atoms with Crippen molar-refractivity contribution in [2.24, 2.45) is 10.9 Å². The molecule has 0 aliphatic carbocycles. The van der Waals surface area contributed by atoms with Crippen molar-refractivity contribution in [2.45, 2.75) is 39.2 Å². The third-order valence-electron chi connectivity index (χ3n) is 3.57. The summed E-state index contributed by atoms with van der Waals surface area (Å²) in [5.41, 5.74) is 0.678. The molecule has 0 bridgehead atoms. The number of hydrogen-bond acceptors (Lipinski definition) is 3. The topological polar surface area (TPSA) is 41.9 Å². The number of piperidine rings is 1. The lowest BCUT2D eigenvalue weighted by Gasteiger charge is -2.33. The number of nitrogens with zero attached hydrogens (tertiary/aromatic N) is 2. The van der Waals surface area contributed by atoms with Crippen LogP contribution in [0.15, 0.2) is 35.3 Å². The highest BCUT2D eigenvalue weighted by Gasteiger charge is 2.27. The molecular formula is C18H26N2O2. The van der Waals surface area contributed by atoms with Crippen molar-refractivity contribution in [3.63, 3.8) is 0 Å². The van der Waals surface area contributed by atoms with E-state index in [1.54, 1.807) is 0 Å². The summed E-state index contributed by atoms with van der Waals surface area (Å²) in [4.78, 5) is 18.5. The molecule has 0 aromatic heterocycles. The van der Waals surface area contributed by atoms with Gasteiger partial charge in [-0.2, -0.15) is 0 Å². The van der Waals surface area contributed by atoms with Crippen molar-refractivity contribution in [1.29, 1.82) is 0 Å². The van der Waals surface area contributed by atoms with Gasteiger partial charge in [-0.15, -0.1) is 0 Å². The van der Waals surface area contributed by atoms with Crippen molar-refractivity contribution >= 4 is 12.3 Å². The second kappa shape index (κ2) is 7.43. The maximum atomic E-state index is 12.1. The molecule has 1 unspecified atom stereocenters. The molecule has 1 saturated heterocycles. The van der Waals surface area contributed by atoms with Gasteiger partial charge in [0.05, 0.1) is 0 Å². The fraction of sp³-hybridized carbons (Fsp3) is 0.556. The number of amides is 1. The van der Waals surface area contributed by atoms with E-state index in [9.17, 15) is 4.79 Å². The Kier molecular flexibility index (Phi) is 5.58. The SMILES string of the molecule is CC(C)(C)OC(=O)N1CCCC(CN=Cc2ccccc2)C1. The van der Waals surface area contributed by atoms with Gasteiger partial charge >= 0.3 is 6.09 Å². The summed E-state index contributed by atoms with van der Waals surface area (Å²) in [5, 5.41) is 0. The molecule has 1 atom stereocenters. The highest BCUT2D eigenvalue weighted by Crippen LogP contribution is 2.19. The van der Waals surface area contributed by atoms with Crippen LogP contribution in [0.2, 0.25) is 0 Å². The minimum absolute atomic E-state index is 0.204. The molecular weight excluding hydrogens is 276 g/mol. The van der Waals surface area contributed by atoms with Crippen LogP contribution in [0.25, 0.3) is 0 Å². The predicted molar refractivity (Wildman–Crippen MR) is 89.4 cm³/mol. The van der Waals surface area contributed by atoms with Gasteiger partial charge in [0, 0.05) is 25.8 Å². The fourth-order valence-electron chi connectivity index (χ4n) is 2.55. The average molecular weight is 302 g/mol. The lowest BCUT2D eigenvalue weighted by Crippen LogP contribution is -2.43. The summed E-state index contributed by atoms with van der Waals surface area (Å²) in [6.45, 7) is 7.98. The number of hydrogen-bond donors (Lipinski definition) is 0. The van der Waals surface area contributed by atoms with Crippen LogP contribution in [0.4, 0.5) is 4.79 Å². The van der Waals surface area contributed by atoms with Gasteiger partial charge in [0.25, 0.3) is 0 Å². The van der Waals surface area contributed by atoms with Gasteiger partial charge < -0.3 is 9.64 Å². The number of rotatable bonds is 3. The Morgan fingerprint density at radius 3 is 2.77 bits per heavy atom. The largest absolute Gasteiger partial charge is 0.444 e. The number of carbonyl (C=O) groups excluding carboxylic acids is 1. The van der Waals surface area contributed by atoms with Gasteiger partial charge in [-0.05, 0) is 45.1 Å². The summed E-state index contributed by atoms with van der Waals surface area (Å²) in [7, 11) is 0. The first-order valence-corrected chi connectivity index (χ1v) is 7.97. The molecule has 1 aromatic carbocycles. The van der Waals surface area contributed by atoms with E-state index in [2.05, 4.69) is 4.99 Å². The summed E-state index contributed by atoms with van der Waals surface area (Å²) in [6.07, 6.45) is 3.84. The maximum Gasteiger partial charge on any atom is 0.410 e. The van der Waals surface area contributed by atoms with Crippen molar-refractivity contribution in [3.8, 4) is 0 Å². The molecule has 0 radical (unpaired) electrons. The van der Waals surface area contributed by atoms with Crippen LogP contribution in [0.1, 0.15) is 39.2 Å². The van der Waals surface area contributed by atoms with Gasteiger partial charge in [0.15, 0.2) is 0 Å². The Morgan fingerprint density at radius 2 is 2.09 bits per heavy atom. The van der Waals surface area contributed by atoms with E-state index in [0.717, 1.165) is 38.0 Å². The molecule has 22 heavy (non-hydrogen) atoms. The Bertz CT molecular complexity index is 506. The predicted octanol–water partition coefficient (Wildman–Crippen LogP) is 3.75. The van der Waals surface area contributed by atoms with Crippen LogP contribution >= 0.6 is 0 Å². The van der Waals surface area contributed by atoms with Crippen LogP contribution in [-0.2, 0) is 4.74 Å². The molecule has 1 heterocycles. The zero-order valence-corrected chi connectivity index (χ0v) is 13.8. The fourth-order valence-corrected chi connectivity index (χ4v) is 2.55. The van der Waals surface area contributed by atoms with E-state index >= 15 is 0 Å². The molecule has 1 amide bonds. The molecule has 120 valence electrons. The Labute approximate surface area is 133 Å². The lowest BCUT2D eigenvalue weighted by atomic mass is 9.98. The van der Waals surface area contributed by atoms with Crippen molar-refractivity contribution in [3.05, 3.63) is 35.9 Å². The Morgan fingerprint density at radius 1 is 1.36 bits per heavy atom. The smallest absolute Gasteiger partial charge is 0.410 e. The summed E-state index contributed by atoms with van der Waals surface area (Å²) >= 11 is 0. The third kappa shape index (κ3) is 5.51. The molecule has 0 N–H and O–H groups in total. The second-order valence-corrected chi connectivity index (χ2v) is 6.84. The molecule has 2 rings (SSSR count). The van der Waals surface area contributed by atoms with E-state index in [4.69, 9.17) is 4.74 Å². The summed E-state index contributed by atoms with van der Waals surface area (Å²) in [6, 6.07) is 10.1. The van der Waals surface area contributed by atoms with Crippen LogP contribution in [0, 0.1) is 5.92 Å². The van der Waals surface area contributed by atoms with E-state index in [1.165, 1.54) is 0 Å². The lowest BCUT2D eigenvalue weighted by molar-refractivity contribution is 0.0171. The monoisotopic (exact) mass is 302 g/mol. The first-order chi connectivity index (χ1) is 10.4. The Balaban J connectivity index is 1.83. The van der Waals surface area contributed by atoms with Crippen molar-refractivity contribution in [2.75, 3.05) is 19.6 Å². The number of benzene rings is 1. The van der Waals surface area contributed by atoms with E-state index in [-0.39, 0.29) is 6.09 Å². The molecule has 0 saturated carbocycles. The van der Waals surface area contributed by atoms with Crippen LogP contribution in [-0.4, -0.2) is 42.4 Å². The van der Waals surface area contributed by atoms with Gasteiger partial charge in [0.2, 0.25) is 0 Å². The number of ether oxygens (including phenoxy) is 1. The standard InChI is InChI=1S/C18H26N2O2/c1-18(2,3)22-17(21)20-11-7-10-16(14-20)13-19-12-15-8-5-4-6-9-15/h4-6,8-9,12,16H,7,10-11,13-14H2,1-3H3. The number of likely N-dealkylation sites (tertiary alicyclic amines) is 1.